The lowest BCUT2D eigenvalue weighted by atomic mass is 10.00. The first kappa shape index (κ1) is 11.2. The molecule has 1 aromatic carbocycles. The van der Waals surface area contributed by atoms with E-state index in [4.69, 9.17) is 5.73 Å². The highest BCUT2D eigenvalue weighted by Crippen LogP contribution is 2.46. The minimum atomic E-state index is -3.16. The molecule has 0 heterocycles. The molecular weight excluding hydrogens is 234 g/mol. The van der Waals surface area contributed by atoms with Crippen LogP contribution in [0.5, 0.6) is 0 Å². The van der Waals surface area contributed by atoms with Gasteiger partial charge in [-0.2, -0.15) is 0 Å². The third-order valence-corrected chi connectivity index (χ3v) is 6.33. The summed E-state index contributed by atoms with van der Waals surface area (Å²) in [5.41, 5.74) is 6.60. The van der Waals surface area contributed by atoms with Crippen molar-refractivity contribution in [1.82, 2.24) is 0 Å². The van der Waals surface area contributed by atoms with E-state index in [0.717, 1.165) is 37.7 Å². The van der Waals surface area contributed by atoms with Gasteiger partial charge in [0, 0.05) is 5.54 Å². The van der Waals surface area contributed by atoms with Gasteiger partial charge in [0.25, 0.3) is 0 Å². The van der Waals surface area contributed by atoms with Crippen LogP contribution in [0.2, 0.25) is 0 Å². The van der Waals surface area contributed by atoms with E-state index < -0.39 is 9.84 Å². The Morgan fingerprint density at radius 3 is 2.35 bits per heavy atom. The van der Waals surface area contributed by atoms with Crippen molar-refractivity contribution in [3.8, 4) is 0 Å². The summed E-state index contributed by atoms with van der Waals surface area (Å²) in [6.45, 7) is 0. The van der Waals surface area contributed by atoms with E-state index >= 15 is 0 Å². The van der Waals surface area contributed by atoms with Crippen LogP contribution in [0.1, 0.15) is 37.7 Å². The number of hydrogen-bond donors (Lipinski definition) is 1. The molecule has 4 heteroatoms. The molecular formula is C13H17NO2S. The van der Waals surface area contributed by atoms with Gasteiger partial charge in [-0.3, -0.25) is 0 Å². The summed E-state index contributed by atoms with van der Waals surface area (Å²) in [5.74, 6) is 0. The maximum Gasteiger partial charge on any atom is 0.181 e. The molecule has 2 aliphatic rings. The van der Waals surface area contributed by atoms with Gasteiger partial charge in [0.05, 0.1) is 10.1 Å². The molecule has 0 bridgehead atoms. The van der Waals surface area contributed by atoms with Crippen molar-refractivity contribution in [2.24, 2.45) is 5.73 Å². The zero-order valence-corrected chi connectivity index (χ0v) is 10.5. The van der Waals surface area contributed by atoms with E-state index in [2.05, 4.69) is 0 Å². The van der Waals surface area contributed by atoms with Crippen LogP contribution in [0.4, 0.5) is 0 Å². The lowest BCUT2D eigenvalue weighted by Crippen LogP contribution is -2.31. The van der Waals surface area contributed by atoms with Crippen LogP contribution in [0.3, 0.4) is 0 Å². The fraction of sp³-hybridized carbons (Fsp3) is 0.538. The normalized spacial score (nSPS) is 23.1. The van der Waals surface area contributed by atoms with Gasteiger partial charge in [0.2, 0.25) is 0 Å². The molecule has 0 saturated heterocycles. The van der Waals surface area contributed by atoms with Gasteiger partial charge in [-0.1, -0.05) is 24.6 Å². The summed E-state index contributed by atoms with van der Waals surface area (Å²) in [6, 6.07) is 7.26. The van der Waals surface area contributed by atoms with Gasteiger partial charge in [0.15, 0.2) is 9.84 Å². The van der Waals surface area contributed by atoms with Crippen molar-refractivity contribution in [1.29, 1.82) is 0 Å². The largest absolute Gasteiger partial charge is 0.321 e. The lowest BCUT2D eigenvalue weighted by molar-refractivity contribution is 0.475. The lowest BCUT2D eigenvalue weighted by Gasteiger charge is -2.27. The van der Waals surface area contributed by atoms with Crippen LogP contribution in [0.25, 0.3) is 0 Å². The van der Waals surface area contributed by atoms with E-state index in [1.807, 2.05) is 12.1 Å². The number of hydrogen-bond acceptors (Lipinski definition) is 3. The predicted molar refractivity (Wildman–Crippen MR) is 66.4 cm³/mol. The Morgan fingerprint density at radius 2 is 1.82 bits per heavy atom. The molecule has 1 aromatic rings. The van der Waals surface area contributed by atoms with Crippen LogP contribution >= 0.6 is 0 Å². The first-order valence-corrected chi connectivity index (χ1v) is 7.71. The van der Waals surface area contributed by atoms with E-state index in [1.54, 1.807) is 12.1 Å². The monoisotopic (exact) mass is 251 g/mol. The molecule has 0 radical (unpaired) electrons. The molecule has 0 spiro atoms. The SMILES string of the molecule is NC1(c2ccccc2S(=O)(=O)C2CCC2)CC1. The number of rotatable bonds is 3. The van der Waals surface area contributed by atoms with Crippen LogP contribution in [0, 0.1) is 0 Å². The first-order chi connectivity index (χ1) is 8.04. The minimum absolute atomic E-state index is 0.175. The Morgan fingerprint density at radius 1 is 1.18 bits per heavy atom. The van der Waals surface area contributed by atoms with Gasteiger partial charge in [-0.05, 0) is 37.3 Å². The number of nitrogens with two attached hydrogens (primary N) is 1. The Balaban J connectivity index is 2.08. The highest BCUT2D eigenvalue weighted by molar-refractivity contribution is 7.92. The maximum atomic E-state index is 12.5. The summed E-state index contributed by atoms with van der Waals surface area (Å²) in [5, 5.41) is -0.175. The smallest absolute Gasteiger partial charge is 0.181 e. The summed E-state index contributed by atoms with van der Waals surface area (Å²) in [6.07, 6.45) is 4.41. The van der Waals surface area contributed by atoms with E-state index in [0.29, 0.717) is 4.90 Å². The quantitative estimate of drug-likeness (QED) is 0.893. The number of sulfone groups is 1. The van der Waals surface area contributed by atoms with Crippen LogP contribution < -0.4 is 5.73 Å². The summed E-state index contributed by atoms with van der Waals surface area (Å²) >= 11 is 0. The molecule has 17 heavy (non-hydrogen) atoms. The van der Waals surface area contributed by atoms with Crippen molar-refractivity contribution < 1.29 is 8.42 Å². The zero-order chi connectivity index (χ0) is 12.1. The van der Waals surface area contributed by atoms with E-state index in [9.17, 15) is 8.42 Å². The molecule has 2 fully saturated rings. The second-order valence-corrected chi connectivity index (χ2v) is 7.45. The third-order valence-electron chi connectivity index (χ3n) is 4.01. The molecule has 0 aromatic heterocycles. The Hall–Kier alpha value is -0.870. The Kier molecular flexibility index (Phi) is 2.35. The number of benzene rings is 1. The van der Waals surface area contributed by atoms with Crippen molar-refractivity contribution in [2.75, 3.05) is 0 Å². The van der Waals surface area contributed by atoms with Crippen molar-refractivity contribution >= 4 is 9.84 Å². The van der Waals surface area contributed by atoms with Crippen LogP contribution in [0.15, 0.2) is 29.2 Å². The van der Waals surface area contributed by atoms with Crippen LogP contribution in [-0.2, 0) is 15.4 Å². The molecule has 0 atom stereocenters. The zero-order valence-electron chi connectivity index (χ0n) is 9.72. The van der Waals surface area contributed by atoms with E-state index in [-0.39, 0.29) is 10.8 Å². The molecule has 3 nitrogen and oxygen atoms in total. The Labute approximate surface area is 102 Å². The van der Waals surface area contributed by atoms with Crippen molar-refractivity contribution in [3.63, 3.8) is 0 Å². The Bertz CT molecular complexity index is 542. The first-order valence-electron chi connectivity index (χ1n) is 6.16. The van der Waals surface area contributed by atoms with Gasteiger partial charge >= 0.3 is 0 Å². The van der Waals surface area contributed by atoms with Gasteiger partial charge in [-0.25, -0.2) is 8.42 Å². The fourth-order valence-corrected chi connectivity index (χ4v) is 4.55. The van der Waals surface area contributed by atoms with Crippen molar-refractivity contribution in [2.45, 2.75) is 47.8 Å². The molecule has 92 valence electrons. The molecule has 2 saturated carbocycles. The average molecular weight is 251 g/mol. The second kappa shape index (κ2) is 3.56. The standard InChI is InChI=1S/C13H17NO2S/c14-13(8-9-13)11-6-1-2-7-12(11)17(15,16)10-4-3-5-10/h1-2,6-7,10H,3-5,8-9,14H2. The van der Waals surface area contributed by atoms with E-state index in [1.165, 1.54) is 0 Å². The molecule has 0 amide bonds. The van der Waals surface area contributed by atoms with Crippen molar-refractivity contribution in [3.05, 3.63) is 29.8 Å². The predicted octanol–water partition coefficient (Wildman–Crippen LogP) is 1.96. The molecule has 0 aliphatic heterocycles. The molecule has 2 N–H and O–H groups in total. The minimum Gasteiger partial charge on any atom is -0.321 e. The highest BCUT2D eigenvalue weighted by Gasteiger charge is 2.44. The van der Waals surface area contributed by atoms with Gasteiger partial charge in [-0.15, -0.1) is 0 Å². The summed E-state index contributed by atoms with van der Waals surface area (Å²) in [7, 11) is -3.16. The molecule has 2 aliphatic carbocycles. The summed E-state index contributed by atoms with van der Waals surface area (Å²) < 4.78 is 24.9. The van der Waals surface area contributed by atoms with Gasteiger partial charge < -0.3 is 5.73 Å². The molecule has 0 unspecified atom stereocenters. The topological polar surface area (TPSA) is 60.2 Å². The fourth-order valence-electron chi connectivity index (χ4n) is 2.39. The maximum absolute atomic E-state index is 12.5. The second-order valence-electron chi connectivity index (χ2n) is 5.25. The molecule has 3 rings (SSSR count). The third kappa shape index (κ3) is 1.70. The highest BCUT2D eigenvalue weighted by atomic mass is 32.2. The average Bonchev–Trinajstić information content (AvgIpc) is 2.95. The van der Waals surface area contributed by atoms with Crippen LogP contribution in [-0.4, -0.2) is 13.7 Å². The van der Waals surface area contributed by atoms with Gasteiger partial charge in [0.1, 0.15) is 0 Å². The summed E-state index contributed by atoms with van der Waals surface area (Å²) in [4.78, 5) is 0.477.